The topological polar surface area (TPSA) is 85.8 Å². The monoisotopic (exact) mass is 393 g/mol. The summed E-state index contributed by atoms with van der Waals surface area (Å²) < 4.78 is 14.4. The third kappa shape index (κ3) is 3.67. The number of nitrogens with one attached hydrogen (secondary N) is 1. The molecule has 0 fully saturated rings. The van der Waals surface area contributed by atoms with Crippen molar-refractivity contribution in [3.63, 3.8) is 0 Å². The van der Waals surface area contributed by atoms with Gasteiger partial charge in [-0.2, -0.15) is 0 Å². The fourth-order valence-corrected chi connectivity index (χ4v) is 3.48. The van der Waals surface area contributed by atoms with Gasteiger partial charge in [0.25, 0.3) is 0 Å². The molecule has 0 unspecified atom stereocenters. The standard InChI is InChI=1S/C20H16FN5OS/c21-15-10-8-14(9-11-15)19-24-25-20(26(19)22)28-12-18(27)23-17-7-3-5-13-4-1-2-6-16(13)17/h1-11H,12,22H2,(H,23,27). The van der Waals surface area contributed by atoms with Crippen LogP contribution < -0.4 is 11.2 Å². The number of hydrogen-bond acceptors (Lipinski definition) is 5. The van der Waals surface area contributed by atoms with E-state index in [1.165, 1.54) is 28.6 Å². The first-order valence-corrected chi connectivity index (χ1v) is 9.47. The Kier molecular flexibility index (Phi) is 4.94. The lowest BCUT2D eigenvalue weighted by Crippen LogP contribution is -2.16. The molecule has 140 valence electrons. The second-order valence-electron chi connectivity index (χ2n) is 6.05. The van der Waals surface area contributed by atoms with E-state index in [2.05, 4.69) is 15.5 Å². The minimum absolute atomic E-state index is 0.127. The summed E-state index contributed by atoms with van der Waals surface area (Å²) >= 11 is 1.18. The summed E-state index contributed by atoms with van der Waals surface area (Å²) in [4.78, 5) is 12.4. The van der Waals surface area contributed by atoms with Crippen molar-refractivity contribution in [2.45, 2.75) is 5.16 Å². The molecular weight excluding hydrogens is 377 g/mol. The molecule has 0 aliphatic heterocycles. The number of benzene rings is 3. The first-order chi connectivity index (χ1) is 13.6. The molecule has 0 spiro atoms. The maximum absolute atomic E-state index is 13.1. The zero-order valence-electron chi connectivity index (χ0n) is 14.7. The Morgan fingerprint density at radius 3 is 2.61 bits per heavy atom. The van der Waals surface area contributed by atoms with Crippen molar-refractivity contribution in [2.75, 3.05) is 16.9 Å². The molecule has 1 heterocycles. The Labute approximate surface area is 164 Å². The van der Waals surface area contributed by atoms with Gasteiger partial charge in [0.05, 0.1) is 5.75 Å². The Bertz CT molecular complexity index is 1140. The van der Waals surface area contributed by atoms with Crippen molar-refractivity contribution in [2.24, 2.45) is 0 Å². The van der Waals surface area contributed by atoms with Gasteiger partial charge in [-0.15, -0.1) is 10.2 Å². The molecular formula is C20H16FN5OS. The predicted molar refractivity (Wildman–Crippen MR) is 109 cm³/mol. The van der Waals surface area contributed by atoms with Crippen LogP contribution in [-0.4, -0.2) is 26.5 Å². The highest BCUT2D eigenvalue weighted by Crippen LogP contribution is 2.24. The molecule has 0 radical (unpaired) electrons. The quantitative estimate of drug-likeness (QED) is 0.399. The lowest BCUT2D eigenvalue weighted by atomic mass is 10.1. The van der Waals surface area contributed by atoms with Crippen LogP contribution in [0.3, 0.4) is 0 Å². The van der Waals surface area contributed by atoms with Gasteiger partial charge in [-0.1, -0.05) is 48.2 Å². The largest absolute Gasteiger partial charge is 0.335 e. The van der Waals surface area contributed by atoms with Crippen LogP contribution in [0.4, 0.5) is 10.1 Å². The van der Waals surface area contributed by atoms with E-state index in [1.807, 2.05) is 42.5 Å². The summed E-state index contributed by atoms with van der Waals surface area (Å²) in [6.45, 7) is 0. The van der Waals surface area contributed by atoms with Crippen LogP contribution in [0.5, 0.6) is 0 Å². The molecule has 0 saturated heterocycles. The number of rotatable bonds is 5. The van der Waals surface area contributed by atoms with E-state index < -0.39 is 0 Å². The maximum atomic E-state index is 13.1. The molecule has 3 N–H and O–H groups in total. The summed E-state index contributed by atoms with van der Waals surface area (Å²) in [5.41, 5.74) is 1.40. The molecule has 8 heteroatoms. The summed E-state index contributed by atoms with van der Waals surface area (Å²) in [6, 6.07) is 19.4. The van der Waals surface area contributed by atoms with E-state index in [-0.39, 0.29) is 17.5 Å². The summed E-state index contributed by atoms with van der Waals surface area (Å²) in [5.74, 6) is 6.04. The Balaban J connectivity index is 1.44. The molecule has 0 atom stereocenters. The van der Waals surface area contributed by atoms with Gasteiger partial charge in [-0.3, -0.25) is 4.79 Å². The highest BCUT2D eigenvalue weighted by Gasteiger charge is 2.14. The molecule has 1 aromatic heterocycles. The van der Waals surface area contributed by atoms with Crippen molar-refractivity contribution in [1.29, 1.82) is 0 Å². The van der Waals surface area contributed by atoms with E-state index in [0.717, 1.165) is 16.5 Å². The number of nitrogens with zero attached hydrogens (tertiary/aromatic N) is 3. The van der Waals surface area contributed by atoms with Gasteiger partial charge in [0.15, 0.2) is 5.82 Å². The predicted octanol–water partition coefficient (Wildman–Crippen LogP) is 3.68. The van der Waals surface area contributed by atoms with Crippen LogP contribution >= 0.6 is 11.8 Å². The van der Waals surface area contributed by atoms with Crippen LogP contribution in [-0.2, 0) is 4.79 Å². The third-order valence-electron chi connectivity index (χ3n) is 4.16. The third-order valence-corrected chi connectivity index (χ3v) is 5.11. The van der Waals surface area contributed by atoms with E-state index in [0.29, 0.717) is 16.5 Å². The highest BCUT2D eigenvalue weighted by atomic mass is 32.2. The fourth-order valence-electron chi connectivity index (χ4n) is 2.82. The molecule has 28 heavy (non-hydrogen) atoms. The number of nitrogen functional groups attached to an aromatic ring is 1. The number of aromatic nitrogens is 3. The second kappa shape index (κ2) is 7.69. The number of anilines is 1. The smallest absolute Gasteiger partial charge is 0.234 e. The SMILES string of the molecule is Nn1c(SCC(=O)Nc2cccc3ccccc23)nnc1-c1ccc(F)cc1. The van der Waals surface area contributed by atoms with Gasteiger partial charge < -0.3 is 11.2 Å². The molecule has 1 amide bonds. The van der Waals surface area contributed by atoms with E-state index >= 15 is 0 Å². The molecule has 0 bridgehead atoms. The van der Waals surface area contributed by atoms with Gasteiger partial charge in [-0.25, -0.2) is 9.07 Å². The number of fused-ring (bicyclic) bond motifs is 1. The lowest BCUT2D eigenvalue weighted by Gasteiger charge is -2.08. The van der Waals surface area contributed by atoms with Gasteiger partial charge in [0.1, 0.15) is 5.82 Å². The molecule has 0 saturated carbocycles. The second-order valence-corrected chi connectivity index (χ2v) is 6.99. The number of amides is 1. The first kappa shape index (κ1) is 18.0. The van der Waals surface area contributed by atoms with Crippen LogP contribution in [0, 0.1) is 5.82 Å². The summed E-state index contributed by atoms with van der Waals surface area (Å²) in [5, 5.41) is 13.4. The van der Waals surface area contributed by atoms with Crippen molar-refractivity contribution >= 4 is 34.1 Å². The molecule has 6 nitrogen and oxygen atoms in total. The minimum Gasteiger partial charge on any atom is -0.335 e. The molecule has 4 rings (SSSR count). The summed E-state index contributed by atoms with van der Waals surface area (Å²) in [7, 11) is 0. The van der Waals surface area contributed by atoms with Gasteiger partial charge >= 0.3 is 0 Å². The Morgan fingerprint density at radius 2 is 1.79 bits per heavy atom. The molecule has 0 aliphatic carbocycles. The van der Waals surface area contributed by atoms with Gasteiger partial charge in [0, 0.05) is 16.6 Å². The number of carbonyl (C=O) groups excluding carboxylic acids is 1. The molecule has 3 aromatic carbocycles. The lowest BCUT2D eigenvalue weighted by molar-refractivity contribution is -0.113. The van der Waals surface area contributed by atoms with Crippen molar-refractivity contribution in [3.05, 3.63) is 72.5 Å². The fraction of sp³-hybridized carbons (Fsp3) is 0.0500. The number of carbonyl (C=O) groups is 1. The van der Waals surface area contributed by atoms with Crippen molar-refractivity contribution < 1.29 is 9.18 Å². The van der Waals surface area contributed by atoms with Crippen LogP contribution in [0.15, 0.2) is 71.9 Å². The average Bonchev–Trinajstić information content (AvgIpc) is 3.08. The number of nitrogens with two attached hydrogens (primary N) is 1. The summed E-state index contributed by atoms with van der Waals surface area (Å²) in [6.07, 6.45) is 0. The number of thioether (sulfide) groups is 1. The van der Waals surface area contributed by atoms with Gasteiger partial charge in [0.2, 0.25) is 11.1 Å². The first-order valence-electron chi connectivity index (χ1n) is 8.48. The van der Waals surface area contributed by atoms with Crippen LogP contribution in [0.1, 0.15) is 0 Å². The average molecular weight is 393 g/mol. The highest BCUT2D eigenvalue weighted by molar-refractivity contribution is 7.99. The molecule has 4 aromatic rings. The zero-order valence-corrected chi connectivity index (χ0v) is 15.5. The van der Waals surface area contributed by atoms with E-state index in [9.17, 15) is 9.18 Å². The zero-order chi connectivity index (χ0) is 19.5. The minimum atomic E-state index is -0.341. The van der Waals surface area contributed by atoms with Crippen molar-refractivity contribution in [1.82, 2.24) is 14.9 Å². The maximum Gasteiger partial charge on any atom is 0.234 e. The molecule has 0 aliphatic rings. The normalized spacial score (nSPS) is 10.9. The number of hydrogen-bond donors (Lipinski definition) is 2. The van der Waals surface area contributed by atoms with Crippen LogP contribution in [0.2, 0.25) is 0 Å². The van der Waals surface area contributed by atoms with Gasteiger partial charge in [-0.05, 0) is 35.7 Å². The van der Waals surface area contributed by atoms with E-state index in [1.54, 1.807) is 12.1 Å². The van der Waals surface area contributed by atoms with E-state index in [4.69, 9.17) is 5.84 Å². The Hall–Kier alpha value is -3.39. The van der Waals surface area contributed by atoms with Crippen LogP contribution in [0.25, 0.3) is 22.2 Å². The Morgan fingerprint density at radius 1 is 1.04 bits per heavy atom. The van der Waals surface area contributed by atoms with Crippen molar-refractivity contribution in [3.8, 4) is 11.4 Å². The number of halogens is 1.